The molecule has 0 bridgehead atoms. The van der Waals surface area contributed by atoms with Crippen molar-refractivity contribution in [1.29, 1.82) is 0 Å². The van der Waals surface area contributed by atoms with Crippen LogP contribution in [-0.2, 0) is 11.3 Å². The van der Waals surface area contributed by atoms with E-state index in [-0.39, 0.29) is 0 Å². The number of aliphatic carboxylic acids is 1. The molecule has 1 rings (SSSR count). The smallest absolute Gasteiger partial charge is 0.323 e. The Labute approximate surface area is 95.9 Å². The van der Waals surface area contributed by atoms with Crippen LogP contribution in [0, 0.1) is 0 Å². The number of nitrogens with zero attached hydrogens (tertiary/aromatic N) is 1. The summed E-state index contributed by atoms with van der Waals surface area (Å²) in [5, 5.41) is 9.29. The fraction of sp³-hybridized carbons (Fsp3) is 0.583. The van der Waals surface area contributed by atoms with Crippen LogP contribution in [-0.4, -0.2) is 28.1 Å². The first kappa shape index (κ1) is 12.8. The molecule has 1 unspecified atom stereocenters. The molecule has 0 spiro atoms. The third-order valence-electron chi connectivity index (χ3n) is 3.16. The zero-order valence-electron chi connectivity index (χ0n) is 10.1. The summed E-state index contributed by atoms with van der Waals surface area (Å²) in [5.41, 5.74) is -0.832. The first-order chi connectivity index (χ1) is 7.54. The Bertz CT molecular complexity index is 334. The number of hydrogen-bond donors (Lipinski definition) is 1. The molecule has 1 aromatic heterocycles. The lowest BCUT2D eigenvalue weighted by molar-refractivity contribution is -0.151. The third kappa shape index (κ3) is 2.44. The van der Waals surface area contributed by atoms with Crippen molar-refractivity contribution in [2.45, 2.75) is 39.3 Å². The summed E-state index contributed by atoms with van der Waals surface area (Å²) in [4.78, 5) is 13.2. The molecule has 0 saturated heterocycles. The predicted molar refractivity (Wildman–Crippen MR) is 61.1 cm³/mol. The van der Waals surface area contributed by atoms with Gasteiger partial charge in [0.15, 0.2) is 0 Å². The summed E-state index contributed by atoms with van der Waals surface area (Å²) in [5.74, 6) is 0.00572. The predicted octanol–water partition coefficient (Wildman–Crippen LogP) is 2.35. The van der Waals surface area contributed by atoms with Crippen molar-refractivity contribution in [2.75, 3.05) is 6.54 Å². The molecule has 4 heteroatoms. The average Bonchev–Trinajstić information content (AvgIpc) is 2.77. The van der Waals surface area contributed by atoms with Crippen LogP contribution in [0.25, 0.3) is 0 Å². The fourth-order valence-electron chi connectivity index (χ4n) is 1.74. The maximum Gasteiger partial charge on any atom is 0.323 e. The molecule has 0 radical (unpaired) electrons. The Morgan fingerprint density at radius 1 is 1.56 bits per heavy atom. The normalized spacial score (nSPS) is 15.0. The minimum absolute atomic E-state index is 0.528. The summed E-state index contributed by atoms with van der Waals surface area (Å²) in [6.07, 6.45) is 2.17. The Morgan fingerprint density at radius 3 is 2.62 bits per heavy atom. The highest BCUT2D eigenvalue weighted by atomic mass is 16.4. The lowest BCUT2D eigenvalue weighted by Gasteiger charge is -2.35. The second-order valence-electron chi connectivity index (χ2n) is 4.03. The molecule has 1 heterocycles. The quantitative estimate of drug-likeness (QED) is 0.807. The molecule has 1 N–H and O–H groups in total. The van der Waals surface area contributed by atoms with E-state index in [1.54, 1.807) is 13.2 Å². The molecule has 90 valence electrons. The molecular weight excluding hydrogens is 206 g/mol. The molecule has 0 aliphatic rings. The maximum atomic E-state index is 11.3. The Morgan fingerprint density at radius 2 is 2.25 bits per heavy atom. The Kier molecular flexibility index (Phi) is 4.12. The Hall–Kier alpha value is -1.29. The van der Waals surface area contributed by atoms with Gasteiger partial charge in [0, 0.05) is 0 Å². The van der Waals surface area contributed by atoms with Crippen LogP contribution in [0.2, 0.25) is 0 Å². The first-order valence-corrected chi connectivity index (χ1v) is 5.55. The number of likely N-dealkylation sites (N-methyl/N-ethyl adjacent to an activating group) is 1. The van der Waals surface area contributed by atoms with Crippen LogP contribution < -0.4 is 0 Å². The monoisotopic (exact) mass is 225 g/mol. The van der Waals surface area contributed by atoms with E-state index >= 15 is 0 Å². The zero-order valence-corrected chi connectivity index (χ0v) is 10.1. The highest BCUT2D eigenvalue weighted by molar-refractivity contribution is 5.78. The highest BCUT2D eigenvalue weighted by Crippen LogP contribution is 2.22. The lowest BCUT2D eigenvalue weighted by Crippen LogP contribution is -2.51. The molecule has 0 amide bonds. The van der Waals surface area contributed by atoms with Gasteiger partial charge in [-0.25, -0.2) is 0 Å². The maximum absolute atomic E-state index is 11.3. The van der Waals surface area contributed by atoms with E-state index in [2.05, 4.69) is 0 Å². The van der Waals surface area contributed by atoms with Gasteiger partial charge in [-0.15, -0.1) is 0 Å². The van der Waals surface area contributed by atoms with Crippen molar-refractivity contribution >= 4 is 5.97 Å². The summed E-state index contributed by atoms with van der Waals surface area (Å²) in [7, 11) is 0. The summed E-state index contributed by atoms with van der Waals surface area (Å²) >= 11 is 0. The summed E-state index contributed by atoms with van der Waals surface area (Å²) < 4.78 is 5.25. The standard InChI is InChI=1S/C12H19NO3/c1-4-12(3,11(14)15)13(5-2)9-10-7-6-8-16-10/h6-8H,4-5,9H2,1-3H3,(H,14,15). The molecule has 1 atom stereocenters. The third-order valence-corrected chi connectivity index (χ3v) is 3.16. The van der Waals surface area contributed by atoms with E-state index in [0.717, 1.165) is 5.76 Å². The van der Waals surface area contributed by atoms with Gasteiger partial charge in [-0.05, 0) is 32.0 Å². The van der Waals surface area contributed by atoms with E-state index in [1.807, 2.05) is 30.9 Å². The van der Waals surface area contributed by atoms with Gasteiger partial charge in [-0.2, -0.15) is 0 Å². The fourth-order valence-corrected chi connectivity index (χ4v) is 1.74. The first-order valence-electron chi connectivity index (χ1n) is 5.55. The largest absolute Gasteiger partial charge is 0.480 e. The second-order valence-corrected chi connectivity index (χ2v) is 4.03. The van der Waals surface area contributed by atoms with Crippen molar-refractivity contribution in [3.05, 3.63) is 24.2 Å². The number of hydrogen-bond acceptors (Lipinski definition) is 3. The van der Waals surface area contributed by atoms with Gasteiger partial charge in [0.25, 0.3) is 0 Å². The van der Waals surface area contributed by atoms with Gasteiger partial charge < -0.3 is 9.52 Å². The highest BCUT2D eigenvalue weighted by Gasteiger charge is 2.37. The lowest BCUT2D eigenvalue weighted by atomic mass is 9.96. The van der Waals surface area contributed by atoms with Crippen molar-refractivity contribution in [1.82, 2.24) is 4.90 Å². The van der Waals surface area contributed by atoms with E-state index in [4.69, 9.17) is 4.42 Å². The second kappa shape index (κ2) is 5.16. The number of carbonyl (C=O) groups is 1. The van der Waals surface area contributed by atoms with Gasteiger partial charge in [-0.1, -0.05) is 13.8 Å². The number of rotatable bonds is 6. The average molecular weight is 225 g/mol. The zero-order chi connectivity index (χ0) is 12.2. The molecular formula is C12H19NO3. The van der Waals surface area contributed by atoms with Crippen molar-refractivity contribution in [3.8, 4) is 0 Å². The van der Waals surface area contributed by atoms with Gasteiger partial charge in [0.05, 0.1) is 12.8 Å². The van der Waals surface area contributed by atoms with Gasteiger partial charge in [-0.3, -0.25) is 9.69 Å². The van der Waals surface area contributed by atoms with E-state index in [0.29, 0.717) is 19.5 Å². The number of carboxylic acid groups (broad SMARTS) is 1. The van der Waals surface area contributed by atoms with E-state index in [9.17, 15) is 9.90 Å². The SMILES string of the molecule is CCN(Cc1ccco1)C(C)(CC)C(=O)O. The minimum Gasteiger partial charge on any atom is -0.480 e. The van der Waals surface area contributed by atoms with Crippen LogP contribution >= 0.6 is 0 Å². The molecule has 4 nitrogen and oxygen atoms in total. The van der Waals surface area contributed by atoms with Crippen molar-refractivity contribution < 1.29 is 14.3 Å². The Balaban J connectivity index is 2.84. The van der Waals surface area contributed by atoms with E-state index < -0.39 is 11.5 Å². The summed E-state index contributed by atoms with van der Waals surface area (Å²) in [6.45, 7) is 6.80. The molecule has 0 aliphatic carbocycles. The molecule has 0 fully saturated rings. The van der Waals surface area contributed by atoms with Gasteiger partial charge >= 0.3 is 5.97 Å². The van der Waals surface area contributed by atoms with Crippen LogP contribution in [0.1, 0.15) is 33.0 Å². The number of carboxylic acids is 1. The number of furan rings is 1. The topological polar surface area (TPSA) is 53.7 Å². The minimum atomic E-state index is -0.832. The van der Waals surface area contributed by atoms with Crippen molar-refractivity contribution in [2.24, 2.45) is 0 Å². The van der Waals surface area contributed by atoms with Crippen LogP contribution in [0.4, 0.5) is 0 Å². The molecule has 0 aromatic carbocycles. The van der Waals surface area contributed by atoms with E-state index in [1.165, 1.54) is 0 Å². The van der Waals surface area contributed by atoms with Crippen molar-refractivity contribution in [3.63, 3.8) is 0 Å². The molecule has 0 saturated carbocycles. The van der Waals surface area contributed by atoms with Gasteiger partial charge in [0.2, 0.25) is 0 Å². The molecule has 16 heavy (non-hydrogen) atoms. The van der Waals surface area contributed by atoms with Gasteiger partial charge in [0.1, 0.15) is 11.3 Å². The van der Waals surface area contributed by atoms with Crippen LogP contribution in [0.15, 0.2) is 22.8 Å². The molecule has 1 aromatic rings. The van der Waals surface area contributed by atoms with Crippen LogP contribution in [0.5, 0.6) is 0 Å². The van der Waals surface area contributed by atoms with Crippen LogP contribution in [0.3, 0.4) is 0 Å². The summed E-state index contributed by atoms with van der Waals surface area (Å²) in [6, 6.07) is 3.67. The molecule has 0 aliphatic heterocycles.